The van der Waals surface area contributed by atoms with Crippen molar-refractivity contribution < 1.29 is 14.6 Å². The second kappa shape index (κ2) is 6.44. The van der Waals surface area contributed by atoms with Crippen LogP contribution < -0.4 is 4.74 Å². The zero-order valence-electron chi connectivity index (χ0n) is 12.6. The number of carboxylic acids is 1. The van der Waals surface area contributed by atoms with Gasteiger partial charge in [-0.1, -0.05) is 30.3 Å². The lowest BCUT2D eigenvalue weighted by Gasteiger charge is -2.18. The van der Waals surface area contributed by atoms with E-state index in [1.807, 2.05) is 57.2 Å². The van der Waals surface area contributed by atoms with E-state index in [2.05, 4.69) is 0 Å². The molecule has 0 bridgehead atoms. The Hall–Kier alpha value is -2.29. The van der Waals surface area contributed by atoms with Crippen molar-refractivity contribution in [1.82, 2.24) is 0 Å². The first-order chi connectivity index (χ1) is 9.97. The highest BCUT2D eigenvalue weighted by Crippen LogP contribution is 2.20. The molecule has 2 aromatic rings. The highest BCUT2D eigenvalue weighted by molar-refractivity contribution is 5.73. The van der Waals surface area contributed by atoms with Gasteiger partial charge in [0.25, 0.3) is 0 Å². The first-order valence-electron chi connectivity index (χ1n) is 6.98. The monoisotopic (exact) mass is 284 g/mol. The summed E-state index contributed by atoms with van der Waals surface area (Å²) in [4.78, 5) is 11.5. The molecule has 0 aromatic heterocycles. The second-order valence-corrected chi connectivity index (χ2v) is 5.34. The van der Waals surface area contributed by atoms with E-state index in [0.29, 0.717) is 12.2 Å². The molecule has 0 spiro atoms. The smallest absolute Gasteiger partial charge is 0.345 e. The van der Waals surface area contributed by atoms with Crippen molar-refractivity contribution in [3.05, 3.63) is 64.7 Å². The molecule has 0 fully saturated rings. The van der Waals surface area contributed by atoms with E-state index in [0.717, 1.165) is 22.3 Å². The number of carboxylic acid groups (broad SMARTS) is 1. The Morgan fingerprint density at radius 1 is 1.10 bits per heavy atom. The van der Waals surface area contributed by atoms with Crippen molar-refractivity contribution in [3.63, 3.8) is 0 Å². The Balaban J connectivity index is 2.22. The molecule has 0 aliphatic carbocycles. The zero-order valence-corrected chi connectivity index (χ0v) is 12.6. The van der Waals surface area contributed by atoms with E-state index in [4.69, 9.17) is 4.74 Å². The van der Waals surface area contributed by atoms with Gasteiger partial charge in [-0.3, -0.25) is 0 Å². The molecule has 0 saturated carbocycles. The fourth-order valence-electron chi connectivity index (χ4n) is 2.39. The van der Waals surface area contributed by atoms with E-state index in [1.165, 1.54) is 0 Å². The molecule has 0 aliphatic rings. The molecule has 110 valence electrons. The van der Waals surface area contributed by atoms with Gasteiger partial charge < -0.3 is 9.84 Å². The summed E-state index contributed by atoms with van der Waals surface area (Å²) in [5.41, 5.74) is 4.27. The molecule has 0 saturated heterocycles. The Labute approximate surface area is 125 Å². The summed E-state index contributed by atoms with van der Waals surface area (Å²) in [6, 6.07) is 13.4. The standard InChI is InChI=1S/C18H20O3/c1-12-6-4-9-15(10-12)21-17(18(19)20)11-16-13(2)7-5-8-14(16)3/h4-10,17H,11H2,1-3H3,(H,19,20). The predicted octanol–water partition coefficient (Wildman–Crippen LogP) is 3.69. The van der Waals surface area contributed by atoms with E-state index in [1.54, 1.807) is 6.07 Å². The van der Waals surface area contributed by atoms with Gasteiger partial charge in [0.15, 0.2) is 6.10 Å². The minimum absolute atomic E-state index is 0.363. The lowest BCUT2D eigenvalue weighted by molar-refractivity contribution is -0.145. The Bertz CT molecular complexity index is 626. The third-order valence-corrected chi connectivity index (χ3v) is 3.58. The van der Waals surface area contributed by atoms with E-state index >= 15 is 0 Å². The highest BCUT2D eigenvalue weighted by atomic mass is 16.5. The van der Waals surface area contributed by atoms with Gasteiger partial charge in [-0.2, -0.15) is 0 Å². The third-order valence-electron chi connectivity index (χ3n) is 3.58. The number of rotatable bonds is 5. The van der Waals surface area contributed by atoms with Crippen molar-refractivity contribution >= 4 is 5.97 Å². The molecule has 0 amide bonds. The summed E-state index contributed by atoms with van der Waals surface area (Å²) < 4.78 is 5.67. The van der Waals surface area contributed by atoms with Crippen LogP contribution in [0.25, 0.3) is 0 Å². The van der Waals surface area contributed by atoms with Gasteiger partial charge in [-0.25, -0.2) is 4.79 Å². The molecule has 21 heavy (non-hydrogen) atoms. The molecule has 0 aliphatic heterocycles. The van der Waals surface area contributed by atoms with Crippen molar-refractivity contribution in [2.75, 3.05) is 0 Å². The van der Waals surface area contributed by atoms with Crippen molar-refractivity contribution in [1.29, 1.82) is 0 Å². The second-order valence-electron chi connectivity index (χ2n) is 5.34. The molecule has 1 unspecified atom stereocenters. The van der Waals surface area contributed by atoms with Crippen LogP contribution in [0.2, 0.25) is 0 Å². The summed E-state index contributed by atoms with van der Waals surface area (Å²) in [7, 11) is 0. The Morgan fingerprint density at radius 2 is 1.71 bits per heavy atom. The number of aryl methyl sites for hydroxylation is 3. The summed E-state index contributed by atoms with van der Waals surface area (Å²) in [6.45, 7) is 5.94. The number of hydrogen-bond acceptors (Lipinski definition) is 2. The van der Waals surface area contributed by atoms with Crippen LogP contribution in [-0.4, -0.2) is 17.2 Å². The maximum absolute atomic E-state index is 11.5. The minimum Gasteiger partial charge on any atom is -0.478 e. The molecule has 3 heteroatoms. The molecule has 1 atom stereocenters. The summed E-state index contributed by atoms with van der Waals surface area (Å²) >= 11 is 0. The predicted molar refractivity (Wildman–Crippen MR) is 82.9 cm³/mol. The summed E-state index contributed by atoms with van der Waals surface area (Å²) in [5, 5.41) is 9.42. The minimum atomic E-state index is -0.945. The molecule has 0 heterocycles. The van der Waals surface area contributed by atoms with Gasteiger partial charge in [0.2, 0.25) is 0 Å². The molecule has 2 aromatic carbocycles. The van der Waals surface area contributed by atoms with Gasteiger partial charge >= 0.3 is 5.97 Å². The normalized spacial score (nSPS) is 12.0. The molecule has 0 radical (unpaired) electrons. The van der Waals surface area contributed by atoms with Crippen LogP contribution in [0.4, 0.5) is 0 Å². The van der Waals surface area contributed by atoms with Crippen LogP contribution in [0.15, 0.2) is 42.5 Å². The largest absolute Gasteiger partial charge is 0.478 e. The number of aliphatic carboxylic acids is 1. The average molecular weight is 284 g/mol. The Kier molecular flexibility index (Phi) is 4.63. The lowest BCUT2D eigenvalue weighted by Crippen LogP contribution is -2.30. The zero-order chi connectivity index (χ0) is 15.4. The SMILES string of the molecule is Cc1cccc(OC(Cc2c(C)cccc2C)C(=O)O)c1. The van der Waals surface area contributed by atoms with Crippen LogP contribution in [-0.2, 0) is 11.2 Å². The number of carbonyl (C=O) groups is 1. The van der Waals surface area contributed by atoms with E-state index in [-0.39, 0.29) is 0 Å². The van der Waals surface area contributed by atoms with Crippen molar-refractivity contribution in [3.8, 4) is 5.75 Å². The van der Waals surface area contributed by atoms with E-state index in [9.17, 15) is 9.90 Å². The third kappa shape index (κ3) is 3.85. The van der Waals surface area contributed by atoms with Gasteiger partial charge in [0.05, 0.1) is 0 Å². The fraction of sp³-hybridized carbons (Fsp3) is 0.278. The quantitative estimate of drug-likeness (QED) is 0.911. The number of ether oxygens (including phenoxy) is 1. The fourth-order valence-corrected chi connectivity index (χ4v) is 2.39. The first kappa shape index (κ1) is 15.1. The molecular weight excluding hydrogens is 264 g/mol. The first-order valence-corrected chi connectivity index (χ1v) is 6.98. The van der Waals surface area contributed by atoms with Gasteiger partial charge in [-0.05, 0) is 55.2 Å². The van der Waals surface area contributed by atoms with Crippen LogP contribution >= 0.6 is 0 Å². The Morgan fingerprint density at radius 3 is 2.29 bits per heavy atom. The van der Waals surface area contributed by atoms with Gasteiger partial charge in [0, 0.05) is 6.42 Å². The maximum Gasteiger partial charge on any atom is 0.345 e. The highest BCUT2D eigenvalue weighted by Gasteiger charge is 2.21. The number of benzene rings is 2. The van der Waals surface area contributed by atoms with Crippen LogP contribution in [0.1, 0.15) is 22.3 Å². The lowest BCUT2D eigenvalue weighted by atomic mass is 9.97. The summed E-state index contributed by atoms with van der Waals surface area (Å²) in [5.74, 6) is -0.354. The summed E-state index contributed by atoms with van der Waals surface area (Å²) in [6.07, 6.45) is -0.520. The maximum atomic E-state index is 11.5. The van der Waals surface area contributed by atoms with Crippen molar-refractivity contribution in [2.45, 2.75) is 33.3 Å². The average Bonchev–Trinajstić information content (AvgIpc) is 2.41. The van der Waals surface area contributed by atoms with Gasteiger partial charge in [0.1, 0.15) is 5.75 Å². The number of hydrogen-bond donors (Lipinski definition) is 1. The molecule has 3 nitrogen and oxygen atoms in total. The molecule has 1 N–H and O–H groups in total. The van der Waals surface area contributed by atoms with Gasteiger partial charge in [-0.15, -0.1) is 0 Å². The molecular formula is C18H20O3. The van der Waals surface area contributed by atoms with Crippen LogP contribution in [0.5, 0.6) is 5.75 Å². The van der Waals surface area contributed by atoms with Crippen LogP contribution in [0.3, 0.4) is 0 Å². The van der Waals surface area contributed by atoms with Crippen molar-refractivity contribution in [2.24, 2.45) is 0 Å². The van der Waals surface area contributed by atoms with E-state index < -0.39 is 12.1 Å². The molecule has 2 rings (SSSR count). The topological polar surface area (TPSA) is 46.5 Å². The van der Waals surface area contributed by atoms with Crippen LogP contribution in [0, 0.1) is 20.8 Å².